The van der Waals surface area contributed by atoms with Crippen LogP contribution in [0, 0.1) is 5.41 Å². The molecule has 6 heteroatoms. The SMILES string of the molecule is COc1ccccc1OCCn1c(=N)n(Cc2ccc(Cl)cc2)c2ccccc21. The molecule has 0 unspecified atom stereocenters. The second kappa shape index (κ2) is 8.45. The lowest BCUT2D eigenvalue weighted by atomic mass is 10.2. The first-order valence-corrected chi connectivity index (χ1v) is 9.78. The molecule has 0 aliphatic carbocycles. The van der Waals surface area contributed by atoms with Crippen LogP contribution in [0.25, 0.3) is 11.0 Å². The zero-order valence-electron chi connectivity index (χ0n) is 16.1. The van der Waals surface area contributed by atoms with Gasteiger partial charge < -0.3 is 18.6 Å². The van der Waals surface area contributed by atoms with E-state index in [0.717, 1.165) is 16.6 Å². The van der Waals surface area contributed by atoms with Crippen molar-refractivity contribution >= 4 is 22.6 Å². The third-order valence-corrected chi connectivity index (χ3v) is 5.12. The van der Waals surface area contributed by atoms with Crippen LogP contribution in [0.15, 0.2) is 72.8 Å². The van der Waals surface area contributed by atoms with Gasteiger partial charge in [-0.1, -0.05) is 48.0 Å². The highest BCUT2D eigenvalue weighted by Gasteiger charge is 2.11. The van der Waals surface area contributed by atoms with E-state index < -0.39 is 0 Å². The molecule has 1 N–H and O–H groups in total. The van der Waals surface area contributed by atoms with Gasteiger partial charge in [0.25, 0.3) is 0 Å². The van der Waals surface area contributed by atoms with Gasteiger partial charge in [-0.15, -0.1) is 0 Å². The van der Waals surface area contributed by atoms with Crippen molar-refractivity contribution < 1.29 is 9.47 Å². The van der Waals surface area contributed by atoms with Crippen molar-refractivity contribution in [3.8, 4) is 11.5 Å². The summed E-state index contributed by atoms with van der Waals surface area (Å²) in [6.07, 6.45) is 0. The van der Waals surface area contributed by atoms with E-state index in [0.29, 0.717) is 41.8 Å². The molecule has 0 fully saturated rings. The van der Waals surface area contributed by atoms with Crippen LogP contribution in [0.1, 0.15) is 5.56 Å². The number of para-hydroxylation sites is 4. The number of aromatic nitrogens is 2. The van der Waals surface area contributed by atoms with E-state index >= 15 is 0 Å². The number of nitrogens with one attached hydrogen (secondary N) is 1. The van der Waals surface area contributed by atoms with E-state index in [4.69, 9.17) is 26.5 Å². The number of ether oxygens (including phenoxy) is 2. The van der Waals surface area contributed by atoms with Crippen molar-refractivity contribution in [2.45, 2.75) is 13.1 Å². The van der Waals surface area contributed by atoms with Gasteiger partial charge in [0.1, 0.15) is 6.61 Å². The summed E-state index contributed by atoms with van der Waals surface area (Å²) in [4.78, 5) is 0. The van der Waals surface area contributed by atoms with Crippen molar-refractivity contribution in [1.82, 2.24) is 9.13 Å². The highest BCUT2D eigenvalue weighted by molar-refractivity contribution is 6.30. The second-order valence-electron chi connectivity index (χ2n) is 6.68. The molecule has 0 spiro atoms. The molecule has 5 nitrogen and oxygen atoms in total. The number of hydrogen-bond acceptors (Lipinski definition) is 3. The van der Waals surface area contributed by atoms with E-state index in [-0.39, 0.29) is 0 Å². The average Bonchev–Trinajstić information content (AvgIpc) is 3.01. The molecule has 0 bridgehead atoms. The van der Waals surface area contributed by atoms with Gasteiger partial charge in [0.05, 0.1) is 31.2 Å². The summed E-state index contributed by atoms with van der Waals surface area (Å²) >= 11 is 6.00. The Bertz CT molecular complexity index is 1180. The van der Waals surface area contributed by atoms with Crippen LogP contribution in [-0.4, -0.2) is 22.9 Å². The standard InChI is InChI=1S/C23H22ClN3O2/c1-28-21-8-4-5-9-22(21)29-15-14-26-19-6-2-3-7-20(19)27(23(26)25)16-17-10-12-18(24)13-11-17/h2-13,25H,14-16H2,1H3. The maximum atomic E-state index is 8.75. The molecule has 4 aromatic rings. The maximum Gasteiger partial charge on any atom is 0.203 e. The number of hydrogen-bond donors (Lipinski definition) is 1. The number of imidazole rings is 1. The van der Waals surface area contributed by atoms with Gasteiger partial charge in [-0.3, -0.25) is 5.41 Å². The first-order chi connectivity index (χ1) is 14.2. The lowest BCUT2D eigenvalue weighted by molar-refractivity contribution is 0.278. The summed E-state index contributed by atoms with van der Waals surface area (Å²) in [7, 11) is 1.63. The lowest BCUT2D eigenvalue weighted by Crippen LogP contribution is -2.27. The molecule has 0 aliphatic rings. The Labute approximate surface area is 174 Å². The summed E-state index contributed by atoms with van der Waals surface area (Å²) < 4.78 is 15.2. The molecular weight excluding hydrogens is 386 g/mol. The summed E-state index contributed by atoms with van der Waals surface area (Å²) in [5.41, 5.74) is 3.56. The van der Waals surface area contributed by atoms with Gasteiger partial charge in [0, 0.05) is 5.02 Å². The molecule has 0 aliphatic heterocycles. The Hall–Kier alpha value is -3.18. The Kier molecular flexibility index (Phi) is 5.58. The van der Waals surface area contributed by atoms with Gasteiger partial charge in [-0.25, -0.2) is 0 Å². The smallest absolute Gasteiger partial charge is 0.203 e. The van der Waals surface area contributed by atoms with E-state index in [1.165, 1.54) is 0 Å². The van der Waals surface area contributed by atoms with E-state index in [1.807, 2.05) is 81.9 Å². The predicted molar refractivity (Wildman–Crippen MR) is 115 cm³/mol. The number of fused-ring (bicyclic) bond motifs is 1. The monoisotopic (exact) mass is 407 g/mol. The van der Waals surface area contributed by atoms with E-state index in [1.54, 1.807) is 7.11 Å². The van der Waals surface area contributed by atoms with E-state index in [2.05, 4.69) is 0 Å². The number of benzene rings is 3. The average molecular weight is 408 g/mol. The number of nitrogens with zero attached hydrogens (tertiary/aromatic N) is 2. The Balaban J connectivity index is 1.60. The van der Waals surface area contributed by atoms with Crippen LogP contribution in [0.3, 0.4) is 0 Å². The predicted octanol–water partition coefficient (Wildman–Crippen LogP) is 4.71. The number of halogens is 1. The molecule has 0 saturated carbocycles. The quantitative estimate of drug-likeness (QED) is 0.482. The van der Waals surface area contributed by atoms with Gasteiger partial charge in [0.2, 0.25) is 5.62 Å². The fraction of sp³-hybridized carbons (Fsp3) is 0.174. The molecular formula is C23H22ClN3O2. The van der Waals surface area contributed by atoms with E-state index in [9.17, 15) is 0 Å². The number of methoxy groups -OCH3 is 1. The highest BCUT2D eigenvalue weighted by atomic mass is 35.5. The van der Waals surface area contributed by atoms with Crippen molar-refractivity contribution in [3.05, 3.63) is 89.0 Å². The summed E-state index contributed by atoms with van der Waals surface area (Å²) in [5, 5.41) is 9.46. The largest absolute Gasteiger partial charge is 0.493 e. The topological polar surface area (TPSA) is 52.2 Å². The fourth-order valence-corrected chi connectivity index (χ4v) is 3.56. The third-order valence-electron chi connectivity index (χ3n) is 4.87. The van der Waals surface area contributed by atoms with Gasteiger partial charge >= 0.3 is 0 Å². The van der Waals surface area contributed by atoms with Gasteiger partial charge in [-0.2, -0.15) is 0 Å². The minimum Gasteiger partial charge on any atom is -0.493 e. The first kappa shape index (κ1) is 19.2. The molecule has 0 atom stereocenters. The summed E-state index contributed by atoms with van der Waals surface area (Å²) in [6.45, 7) is 1.60. The molecule has 0 radical (unpaired) electrons. The summed E-state index contributed by atoms with van der Waals surface area (Å²) in [5.74, 6) is 1.40. The van der Waals surface area contributed by atoms with Crippen LogP contribution >= 0.6 is 11.6 Å². The normalized spacial score (nSPS) is 11.0. The van der Waals surface area contributed by atoms with Crippen molar-refractivity contribution in [3.63, 3.8) is 0 Å². The molecule has 0 amide bonds. The second-order valence-corrected chi connectivity index (χ2v) is 7.11. The van der Waals surface area contributed by atoms with Crippen LogP contribution in [0.4, 0.5) is 0 Å². The third kappa shape index (κ3) is 4.00. The molecule has 1 heterocycles. The Morgan fingerprint density at radius 3 is 2.14 bits per heavy atom. The number of rotatable bonds is 7. The minimum atomic E-state index is 0.435. The Morgan fingerprint density at radius 1 is 0.828 bits per heavy atom. The molecule has 4 rings (SSSR count). The zero-order chi connectivity index (χ0) is 20.2. The first-order valence-electron chi connectivity index (χ1n) is 9.40. The van der Waals surface area contributed by atoms with Crippen LogP contribution in [0.2, 0.25) is 5.02 Å². The van der Waals surface area contributed by atoms with Crippen molar-refractivity contribution in [1.29, 1.82) is 5.41 Å². The van der Waals surface area contributed by atoms with Gasteiger partial charge in [0.15, 0.2) is 11.5 Å². The molecule has 0 saturated heterocycles. The van der Waals surface area contributed by atoms with Gasteiger partial charge in [-0.05, 0) is 42.0 Å². The van der Waals surface area contributed by atoms with Crippen LogP contribution in [0.5, 0.6) is 11.5 Å². The molecule has 148 valence electrons. The lowest BCUT2D eigenvalue weighted by Gasteiger charge is -2.11. The summed E-state index contributed by atoms with van der Waals surface area (Å²) in [6, 6.07) is 23.4. The fourth-order valence-electron chi connectivity index (χ4n) is 3.44. The van der Waals surface area contributed by atoms with Crippen molar-refractivity contribution in [2.75, 3.05) is 13.7 Å². The minimum absolute atomic E-state index is 0.435. The Morgan fingerprint density at radius 2 is 1.45 bits per heavy atom. The maximum absolute atomic E-state index is 8.75. The molecule has 1 aromatic heterocycles. The van der Waals surface area contributed by atoms with Crippen molar-refractivity contribution in [2.24, 2.45) is 0 Å². The molecule has 3 aromatic carbocycles. The van der Waals surface area contributed by atoms with Crippen LogP contribution < -0.4 is 15.1 Å². The molecule has 29 heavy (non-hydrogen) atoms. The highest BCUT2D eigenvalue weighted by Crippen LogP contribution is 2.25. The van der Waals surface area contributed by atoms with Crippen LogP contribution in [-0.2, 0) is 13.1 Å². The zero-order valence-corrected chi connectivity index (χ0v) is 16.9.